The first-order valence-corrected chi connectivity index (χ1v) is 35.2. The summed E-state index contributed by atoms with van der Waals surface area (Å²) in [7, 11) is 8.18. The Hall–Kier alpha value is -12.6. The van der Waals surface area contributed by atoms with Crippen LogP contribution < -0.4 is 35.6 Å². The zero-order chi connectivity index (χ0) is 74.3. The van der Waals surface area contributed by atoms with Crippen LogP contribution in [0, 0.1) is 34.6 Å². The van der Waals surface area contributed by atoms with Gasteiger partial charge in [-0.25, -0.2) is 42.8 Å². The van der Waals surface area contributed by atoms with E-state index < -0.39 is 0 Å². The van der Waals surface area contributed by atoms with E-state index in [1.54, 1.807) is 4.52 Å². The summed E-state index contributed by atoms with van der Waals surface area (Å²) in [5.74, 6) is 8.65. The predicted octanol–water partition coefficient (Wildman–Crippen LogP) is 15.7. The molecule has 24 nitrogen and oxygen atoms in total. The van der Waals surface area contributed by atoms with Crippen LogP contribution >= 0.6 is 0 Å². The molecule has 0 aliphatic carbocycles. The lowest BCUT2D eigenvalue weighted by Gasteiger charge is -2.26. The minimum absolute atomic E-state index is 0.107. The number of anilines is 6. The molecule has 2 unspecified atom stereocenters. The lowest BCUT2D eigenvalue weighted by molar-refractivity contribution is 0.252. The van der Waals surface area contributed by atoms with E-state index >= 15 is 0 Å². The molecule has 0 aliphatic heterocycles. The number of fused-ring (bicyclic) bond motifs is 5. The highest BCUT2D eigenvalue weighted by molar-refractivity contribution is 5.93. The van der Waals surface area contributed by atoms with Crippen LogP contribution in [0.3, 0.4) is 0 Å². The molecule has 0 spiro atoms. The van der Waals surface area contributed by atoms with Gasteiger partial charge in [-0.15, -0.1) is 35.7 Å². The summed E-state index contributed by atoms with van der Waals surface area (Å²) in [6, 6.07) is 70.8. The Morgan fingerprint density at radius 3 is 1.04 bits per heavy atom. The quantitative estimate of drug-likeness (QED) is 0.0769. The second kappa shape index (κ2) is 33.9. The number of aryl methyl sites for hydroxylation is 5. The fourth-order valence-electron chi connectivity index (χ4n) is 11.9. The number of urea groups is 1. The van der Waals surface area contributed by atoms with Crippen LogP contribution in [0.15, 0.2) is 231 Å². The van der Waals surface area contributed by atoms with Crippen molar-refractivity contribution in [3.8, 4) is 0 Å². The number of carbonyl (C=O) groups is 1. The van der Waals surface area contributed by atoms with Crippen molar-refractivity contribution < 1.29 is 4.79 Å². The number of rotatable bonds is 17. The summed E-state index contributed by atoms with van der Waals surface area (Å²) in [6.07, 6.45) is 7.35. The molecule has 3 N–H and O–H groups in total. The van der Waals surface area contributed by atoms with E-state index in [0.29, 0.717) is 29.5 Å². The van der Waals surface area contributed by atoms with Crippen molar-refractivity contribution in [1.29, 1.82) is 0 Å². The van der Waals surface area contributed by atoms with Crippen molar-refractivity contribution in [3.63, 3.8) is 0 Å². The number of carbonyl (C=O) groups excluding carboxylic acids is 1. The monoisotopic (exact) mass is 1400 g/mol. The molecule has 0 saturated carbocycles. The maximum absolute atomic E-state index is 12.0. The van der Waals surface area contributed by atoms with Crippen LogP contribution in [-0.4, -0.2) is 119 Å². The lowest BCUT2D eigenvalue weighted by Crippen LogP contribution is -2.29. The number of nitrogens with one attached hydrogen (secondary N) is 3. The smallest absolute Gasteiger partial charge is 0.319 e. The SMILES string of the molecule is CCNC(=O)Nc1cc(N(C)[C@@H](C)c2ccccc2)nn2c(C)nnc12.Cc1ncc2ccc(N(C)C(C)c3ccccc3)nn12.Cc1ncc2ccc(N(C)[C@@H](C)c3ccccc3)nn12.Cc1ncc2ccc(N(C)[C@H](C)c3ccccc3)nn12.Cc1ncc2ccc(NC(C)c3ccccc3)nn12. The summed E-state index contributed by atoms with van der Waals surface area (Å²) in [4.78, 5) is 37.7. The minimum Gasteiger partial charge on any atom is -0.362 e. The molecule has 538 valence electrons. The van der Waals surface area contributed by atoms with Crippen molar-refractivity contribution in [2.75, 3.05) is 65.0 Å². The van der Waals surface area contributed by atoms with Gasteiger partial charge >= 0.3 is 6.03 Å². The molecule has 15 rings (SSSR count). The molecule has 0 fully saturated rings. The minimum atomic E-state index is -0.286. The molecule has 5 aromatic carbocycles. The first kappa shape index (κ1) is 73.6. The van der Waals surface area contributed by atoms with E-state index in [4.69, 9.17) is 0 Å². The van der Waals surface area contributed by atoms with Crippen LogP contribution in [0.25, 0.3) is 27.7 Å². The van der Waals surface area contributed by atoms with Crippen LogP contribution in [0.5, 0.6) is 0 Å². The summed E-state index contributed by atoms with van der Waals surface area (Å²) in [6.45, 7) is 22.8. The maximum atomic E-state index is 12.0. The fraction of sp³-hybridized carbons (Fsp3) is 0.259. The number of imidazole rings is 4. The summed E-state index contributed by atoms with van der Waals surface area (Å²) in [5.41, 5.74) is 11.4. The standard InChI is InChI=1S/C18H23N7O.3C16H18N4.C15H16N4/c1-5-19-18(26)20-15-11-16(23-25-13(3)21-22-17(15)25)24(4)12(2)14-9-7-6-8-10-14;3*1-12(14-7-5-4-6-8-14)19(3)16-10-9-15-11-17-13(2)20(15)18-16;1-11(13-6-4-3-5-7-13)17-15-9-8-14-10-16-12(2)19(14)18-15/h6-12H,5H2,1-4H3,(H2,19,20,26);3*4-12H,1-3H3;3-11H,1-2H3,(H,17,18)/t3*12-;;/m010../s1. The molecule has 10 heterocycles. The Labute approximate surface area is 613 Å². The number of benzene rings is 5. The second-order valence-corrected chi connectivity index (χ2v) is 25.8. The van der Waals surface area contributed by atoms with E-state index in [0.717, 1.165) is 68.6 Å². The Morgan fingerprint density at radius 2 is 0.686 bits per heavy atom. The molecule has 15 aromatic rings. The third-order valence-electron chi connectivity index (χ3n) is 18.8. The second-order valence-electron chi connectivity index (χ2n) is 25.8. The van der Waals surface area contributed by atoms with Gasteiger partial charge in [-0.05, 0) is 153 Å². The van der Waals surface area contributed by atoms with Gasteiger partial charge in [-0.1, -0.05) is 152 Å². The first-order chi connectivity index (χ1) is 50.7. The number of nitrogens with zero attached hydrogens (tertiary/aromatic N) is 20. The zero-order valence-corrected chi connectivity index (χ0v) is 62.4. The highest BCUT2D eigenvalue weighted by atomic mass is 16.2. The zero-order valence-electron chi connectivity index (χ0n) is 62.4. The number of hydrogen-bond donors (Lipinski definition) is 3. The molecule has 0 bridgehead atoms. The van der Waals surface area contributed by atoms with Gasteiger partial charge in [0.15, 0.2) is 11.6 Å². The number of aromatic nitrogens is 16. The van der Waals surface area contributed by atoms with E-state index in [1.165, 1.54) is 27.8 Å². The van der Waals surface area contributed by atoms with Crippen LogP contribution in [0.2, 0.25) is 0 Å². The van der Waals surface area contributed by atoms with Gasteiger partial charge in [0.05, 0.1) is 76.7 Å². The van der Waals surface area contributed by atoms with Gasteiger partial charge in [0.1, 0.15) is 46.6 Å². The van der Waals surface area contributed by atoms with Crippen molar-refractivity contribution >= 4 is 68.5 Å². The summed E-state index contributed by atoms with van der Waals surface area (Å²) >= 11 is 0. The number of hydrogen-bond acceptors (Lipinski definition) is 17. The topological polar surface area (TPSA) is 230 Å². The molecule has 2 amide bonds. The Kier molecular flexibility index (Phi) is 23.8. The van der Waals surface area contributed by atoms with E-state index in [2.05, 4.69) is 262 Å². The predicted molar refractivity (Wildman–Crippen MR) is 421 cm³/mol. The third kappa shape index (κ3) is 17.7. The van der Waals surface area contributed by atoms with Crippen LogP contribution in [0.4, 0.5) is 39.6 Å². The molecule has 24 heteroatoms. The van der Waals surface area contributed by atoms with Gasteiger partial charge in [0.25, 0.3) is 0 Å². The van der Waals surface area contributed by atoms with Gasteiger partial charge < -0.3 is 35.6 Å². The van der Waals surface area contributed by atoms with Gasteiger partial charge in [-0.2, -0.15) is 4.52 Å². The summed E-state index contributed by atoms with van der Waals surface area (Å²) < 4.78 is 9.13. The Balaban J connectivity index is 0.000000132. The van der Waals surface area contributed by atoms with E-state index in [-0.39, 0.29) is 36.2 Å². The molecule has 0 radical (unpaired) electrons. The molecule has 5 atom stereocenters. The molecular formula is C81H93N23O. The molecular weight excluding hydrogens is 1310 g/mol. The average Bonchev–Trinajstić information content (AvgIpc) is 1.71. The normalized spacial score (nSPS) is 12.4. The lowest BCUT2D eigenvalue weighted by atomic mass is 10.1. The highest BCUT2D eigenvalue weighted by Crippen LogP contribution is 2.30. The molecule has 10 aromatic heterocycles. The summed E-state index contributed by atoms with van der Waals surface area (Å²) in [5, 5.41) is 40.3. The Morgan fingerprint density at radius 1 is 0.371 bits per heavy atom. The third-order valence-corrected chi connectivity index (χ3v) is 18.8. The maximum Gasteiger partial charge on any atom is 0.319 e. The van der Waals surface area contributed by atoms with Crippen molar-refractivity contribution in [2.45, 2.75) is 106 Å². The van der Waals surface area contributed by atoms with E-state index in [9.17, 15) is 4.79 Å². The molecule has 0 aliphatic rings. The van der Waals surface area contributed by atoms with Crippen molar-refractivity contribution in [3.05, 3.63) is 288 Å². The Bertz CT molecular complexity index is 4970. The van der Waals surface area contributed by atoms with Crippen LogP contribution in [-0.2, 0) is 0 Å². The van der Waals surface area contributed by atoms with Crippen LogP contribution in [0.1, 0.15) is 129 Å². The fourth-order valence-corrected chi connectivity index (χ4v) is 11.9. The molecule has 0 saturated heterocycles. The molecule has 105 heavy (non-hydrogen) atoms. The van der Waals surface area contributed by atoms with Gasteiger partial charge in [0, 0.05) is 46.8 Å². The van der Waals surface area contributed by atoms with Gasteiger partial charge in [0.2, 0.25) is 5.65 Å². The van der Waals surface area contributed by atoms with E-state index in [1.807, 2.05) is 182 Å². The largest absolute Gasteiger partial charge is 0.362 e. The average molecular weight is 1400 g/mol. The van der Waals surface area contributed by atoms with Gasteiger partial charge in [-0.3, -0.25) is 0 Å². The van der Waals surface area contributed by atoms with Crippen molar-refractivity contribution in [1.82, 2.24) is 83.5 Å². The number of amides is 2. The first-order valence-electron chi connectivity index (χ1n) is 35.2. The van der Waals surface area contributed by atoms with Crippen molar-refractivity contribution in [2.24, 2.45) is 0 Å². The highest BCUT2D eigenvalue weighted by Gasteiger charge is 2.21.